The largest absolute Gasteiger partial charge is 0.445 e. The summed E-state index contributed by atoms with van der Waals surface area (Å²) in [6.45, 7) is 7.09. The molecule has 0 spiro atoms. The summed E-state index contributed by atoms with van der Waals surface area (Å²) < 4.78 is 4.92. The maximum absolute atomic E-state index is 10.9. The van der Waals surface area contributed by atoms with Crippen LogP contribution in [-0.2, 0) is 4.74 Å². The van der Waals surface area contributed by atoms with Crippen LogP contribution in [0, 0.1) is 17.3 Å². The van der Waals surface area contributed by atoms with Crippen LogP contribution in [0.15, 0.2) is 34.4 Å². The highest BCUT2D eigenvalue weighted by Crippen LogP contribution is 2.57. The molecule has 1 saturated carbocycles. The lowest BCUT2D eigenvalue weighted by Gasteiger charge is -2.41. The van der Waals surface area contributed by atoms with Gasteiger partial charge in [-0.3, -0.25) is 0 Å². The van der Waals surface area contributed by atoms with Crippen LogP contribution in [0.5, 0.6) is 0 Å². The van der Waals surface area contributed by atoms with Crippen LogP contribution in [0.1, 0.15) is 52.9 Å². The molecule has 3 unspecified atom stereocenters. The van der Waals surface area contributed by atoms with Gasteiger partial charge in [0.1, 0.15) is 6.61 Å². The summed E-state index contributed by atoms with van der Waals surface area (Å²) in [5, 5.41) is 10.8. The molecule has 0 radical (unpaired) electrons. The molecule has 0 heterocycles. The zero-order valence-corrected chi connectivity index (χ0v) is 15.0. The monoisotopic (exact) mass is 331 g/mol. The molecule has 0 aromatic heterocycles. The van der Waals surface area contributed by atoms with E-state index in [1.54, 1.807) is 5.57 Å². The summed E-state index contributed by atoms with van der Waals surface area (Å²) in [4.78, 5) is 10.9. The number of hydrogen-bond donors (Lipinski definition) is 2. The molecule has 1 amide bonds. The molecule has 0 bridgehead atoms. The number of aliphatic hydroxyl groups is 1. The molecular formula is C20H29NO3. The third-order valence-corrected chi connectivity index (χ3v) is 6.10. The zero-order chi connectivity index (χ0) is 17.5. The van der Waals surface area contributed by atoms with Gasteiger partial charge in [0, 0.05) is 5.92 Å². The molecule has 0 aromatic rings. The number of nitrogens with two attached hydrogens (primary N) is 1. The first-order valence-electron chi connectivity index (χ1n) is 9.05. The maximum atomic E-state index is 10.9. The highest BCUT2D eigenvalue weighted by molar-refractivity contribution is 5.64. The molecular weight excluding hydrogens is 302 g/mol. The molecule has 4 nitrogen and oxygen atoms in total. The SMILES string of the molecule is CC(C)C1=C2C3=CC=C(COC(N)=O)CC(O)C3CCC2(C)CC1. The quantitative estimate of drug-likeness (QED) is 0.825. The van der Waals surface area contributed by atoms with Crippen molar-refractivity contribution >= 4 is 6.09 Å². The van der Waals surface area contributed by atoms with Gasteiger partial charge >= 0.3 is 6.09 Å². The standard InChI is InChI=1S/C20H29NO3/c1-12(2)14-6-8-20(3)9-7-15-16(18(14)20)5-4-13(10-17(15)22)11-24-19(21)23/h4-5,12,15,17,22H,6-11H2,1-3H3,(H2,21,23). The predicted octanol–water partition coefficient (Wildman–Crippen LogP) is 3.86. The normalized spacial score (nSPS) is 32.7. The molecule has 3 N–H and O–H groups in total. The molecule has 24 heavy (non-hydrogen) atoms. The number of ether oxygens (including phenoxy) is 1. The zero-order valence-electron chi connectivity index (χ0n) is 15.0. The number of amides is 1. The maximum Gasteiger partial charge on any atom is 0.404 e. The smallest absolute Gasteiger partial charge is 0.404 e. The van der Waals surface area contributed by atoms with Crippen molar-refractivity contribution < 1.29 is 14.6 Å². The minimum absolute atomic E-state index is 0.163. The van der Waals surface area contributed by atoms with Crippen molar-refractivity contribution in [3.8, 4) is 0 Å². The number of carbonyl (C=O) groups is 1. The fourth-order valence-electron chi connectivity index (χ4n) is 4.79. The van der Waals surface area contributed by atoms with Crippen molar-refractivity contribution in [3.63, 3.8) is 0 Å². The van der Waals surface area contributed by atoms with E-state index in [1.165, 1.54) is 24.0 Å². The van der Waals surface area contributed by atoms with Crippen molar-refractivity contribution in [2.75, 3.05) is 6.61 Å². The fraction of sp³-hybridized carbons (Fsp3) is 0.650. The summed E-state index contributed by atoms with van der Waals surface area (Å²) in [6.07, 6.45) is 8.10. The van der Waals surface area contributed by atoms with Crippen LogP contribution in [0.3, 0.4) is 0 Å². The van der Waals surface area contributed by atoms with E-state index in [4.69, 9.17) is 10.5 Å². The number of carbonyl (C=O) groups excluding carboxylic acids is 1. The first-order valence-corrected chi connectivity index (χ1v) is 9.05. The van der Waals surface area contributed by atoms with E-state index in [0.717, 1.165) is 18.4 Å². The molecule has 3 aliphatic rings. The Morgan fingerprint density at radius 1 is 1.42 bits per heavy atom. The lowest BCUT2D eigenvalue weighted by molar-refractivity contribution is 0.0994. The average Bonchev–Trinajstić information content (AvgIpc) is 2.78. The van der Waals surface area contributed by atoms with E-state index < -0.39 is 12.2 Å². The number of hydrogen-bond acceptors (Lipinski definition) is 3. The van der Waals surface area contributed by atoms with Gasteiger partial charge in [0.05, 0.1) is 6.10 Å². The second kappa shape index (κ2) is 6.40. The van der Waals surface area contributed by atoms with Crippen LogP contribution in [0.2, 0.25) is 0 Å². The summed E-state index contributed by atoms with van der Waals surface area (Å²) in [5.41, 5.74) is 10.6. The highest BCUT2D eigenvalue weighted by atomic mass is 16.5. The minimum atomic E-state index is -0.770. The van der Waals surface area contributed by atoms with Gasteiger partial charge < -0.3 is 15.6 Å². The van der Waals surface area contributed by atoms with Gasteiger partial charge in [0.25, 0.3) is 0 Å². The van der Waals surface area contributed by atoms with E-state index in [0.29, 0.717) is 12.3 Å². The number of allylic oxidation sites excluding steroid dienone is 4. The second-order valence-corrected chi connectivity index (χ2v) is 8.09. The molecule has 132 valence electrons. The summed E-state index contributed by atoms with van der Waals surface area (Å²) in [7, 11) is 0. The van der Waals surface area contributed by atoms with Gasteiger partial charge in [-0.15, -0.1) is 0 Å². The van der Waals surface area contributed by atoms with Gasteiger partial charge in [0.2, 0.25) is 0 Å². The van der Waals surface area contributed by atoms with Gasteiger partial charge in [-0.05, 0) is 60.2 Å². The van der Waals surface area contributed by atoms with E-state index in [9.17, 15) is 9.90 Å². The van der Waals surface area contributed by atoms with E-state index >= 15 is 0 Å². The molecule has 3 atom stereocenters. The van der Waals surface area contributed by atoms with Gasteiger partial charge in [-0.2, -0.15) is 0 Å². The Morgan fingerprint density at radius 2 is 2.17 bits per heavy atom. The van der Waals surface area contributed by atoms with E-state index in [-0.39, 0.29) is 17.9 Å². The third kappa shape index (κ3) is 3.04. The summed E-state index contributed by atoms with van der Waals surface area (Å²) in [5.74, 6) is 0.728. The highest BCUT2D eigenvalue weighted by Gasteiger charge is 2.45. The van der Waals surface area contributed by atoms with Crippen molar-refractivity contribution in [2.24, 2.45) is 23.0 Å². The van der Waals surface area contributed by atoms with E-state index in [1.807, 2.05) is 6.08 Å². The Morgan fingerprint density at radius 3 is 2.83 bits per heavy atom. The number of aliphatic hydroxyl groups excluding tert-OH is 1. The van der Waals surface area contributed by atoms with Gasteiger partial charge in [-0.1, -0.05) is 38.5 Å². The topological polar surface area (TPSA) is 72.5 Å². The average molecular weight is 331 g/mol. The van der Waals surface area contributed by atoms with Crippen LogP contribution in [0.25, 0.3) is 0 Å². The molecule has 0 aliphatic heterocycles. The van der Waals surface area contributed by atoms with Crippen molar-refractivity contribution in [1.82, 2.24) is 0 Å². The first kappa shape index (κ1) is 17.3. The summed E-state index contributed by atoms with van der Waals surface area (Å²) in [6, 6.07) is 0. The van der Waals surface area contributed by atoms with Crippen LogP contribution in [0.4, 0.5) is 4.79 Å². The van der Waals surface area contributed by atoms with Gasteiger partial charge in [0.15, 0.2) is 0 Å². The Bertz CT molecular complexity index is 629. The van der Waals surface area contributed by atoms with Crippen molar-refractivity contribution in [1.29, 1.82) is 0 Å². The second-order valence-electron chi connectivity index (χ2n) is 8.09. The third-order valence-electron chi connectivity index (χ3n) is 6.10. The molecule has 3 aliphatic carbocycles. The molecule has 0 saturated heterocycles. The number of rotatable bonds is 3. The van der Waals surface area contributed by atoms with Crippen LogP contribution in [-0.4, -0.2) is 23.9 Å². The fourth-order valence-corrected chi connectivity index (χ4v) is 4.79. The predicted molar refractivity (Wildman–Crippen MR) is 94.3 cm³/mol. The minimum Gasteiger partial charge on any atom is -0.445 e. The van der Waals surface area contributed by atoms with E-state index in [2.05, 4.69) is 26.8 Å². The lowest BCUT2D eigenvalue weighted by atomic mass is 9.64. The lowest BCUT2D eigenvalue weighted by Crippen LogP contribution is -2.33. The molecule has 1 fully saturated rings. The van der Waals surface area contributed by atoms with Gasteiger partial charge in [-0.25, -0.2) is 4.79 Å². The molecule has 3 rings (SSSR count). The molecule has 0 aromatic carbocycles. The van der Waals surface area contributed by atoms with Crippen molar-refractivity contribution in [2.45, 2.75) is 59.0 Å². The summed E-state index contributed by atoms with van der Waals surface area (Å²) >= 11 is 0. The number of fused-ring (bicyclic) bond motifs is 3. The van der Waals surface area contributed by atoms with Crippen LogP contribution >= 0.6 is 0 Å². The first-order chi connectivity index (χ1) is 11.3. The van der Waals surface area contributed by atoms with Crippen LogP contribution < -0.4 is 5.73 Å². The Hall–Kier alpha value is -1.55. The number of primary amides is 1. The Labute approximate surface area is 144 Å². The molecule has 4 heteroatoms. The van der Waals surface area contributed by atoms with Crippen molar-refractivity contribution in [3.05, 3.63) is 34.4 Å². The Kier molecular flexibility index (Phi) is 4.60. The Balaban J connectivity index is 1.98.